The zero-order chi connectivity index (χ0) is 17.0. The van der Waals surface area contributed by atoms with E-state index in [-0.39, 0.29) is 18.2 Å². The van der Waals surface area contributed by atoms with Crippen LogP contribution in [-0.2, 0) is 4.74 Å². The maximum absolute atomic E-state index is 12.3. The molecule has 1 amide bonds. The van der Waals surface area contributed by atoms with Crippen molar-refractivity contribution in [2.75, 3.05) is 13.1 Å². The summed E-state index contributed by atoms with van der Waals surface area (Å²) >= 11 is 5.93. The molecule has 128 valence electrons. The van der Waals surface area contributed by atoms with Gasteiger partial charge in [0.2, 0.25) is 0 Å². The van der Waals surface area contributed by atoms with Gasteiger partial charge in [0.05, 0.1) is 0 Å². The SMILES string of the molecule is C[C@H](NCC1CCCN1C(=O)OC(C)(C)C)c1ccc(Cl)cc1. The second kappa shape index (κ2) is 7.54. The molecule has 0 aliphatic carbocycles. The maximum atomic E-state index is 12.3. The lowest BCUT2D eigenvalue weighted by Crippen LogP contribution is -2.44. The first kappa shape index (κ1) is 18.1. The van der Waals surface area contributed by atoms with Gasteiger partial charge in [-0.1, -0.05) is 23.7 Å². The smallest absolute Gasteiger partial charge is 0.410 e. The van der Waals surface area contributed by atoms with Crippen LogP contribution in [0, 0.1) is 0 Å². The first-order chi connectivity index (χ1) is 10.8. The largest absolute Gasteiger partial charge is 0.444 e. The van der Waals surface area contributed by atoms with Crippen molar-refractivity contribution in [2.45, 2.75) is 58.2 Å². The number of benzene rings is 1. The van der Waals surface area contributed by atoms with Gasteiger partial charge in [0.15, 0.2) is 0 Å². The lowest BCUT2D eigenvalue weighted by molar-refractivity contribution is 0.0225. The van der Waals surface area contributed by atoms with Crippen LogP contribution in [0.5, 0.6) is 0 Å². The molecular formula is C18H27ClN2O2. The molecule has 4 nitrogen and oxygen atoms in total. The van der Waals surface area contributed by atoms with Gasteiger partial charge in [-0.3, -0.25) is 0 Å². The van der Waals surface area contributed by atoms with Crippen LogP contribution in [0.3, 0.4) is 0 Å². The molecule has 1 aromatic carbocycles. The Morgan fingerprint density at radius 3 is 2.65 bits per heavy atom. The predicted molar refractivity (Wildman–Crippen MR) is 93.8 cm³/mol. The monoisotopic (exact) mass is 338 g/mol. The average molecular weight is 339 g/mol. The van der Waals surface area contributed by atoms with Crippen LogP contribution in [-0.4, -0.2) is 35.7 Å². The summed E-state index contributed by atoms with van der Waals surface area (Å²) in [6.07, 6.45) is 1.83. The minimum absolute atomic E-state index is 0.194. The van der Waals surface area contributed by atoms with Crippen molar-refractivity contribution in [2.24, 2.45) is 0 Å². The lowest BCUT2D eigenvalue weighted by atomic mass is 10.1. The van der Waals surface area contributed by atoms with Gasteiger partial charge in [0.1, 0.15) is 5.60 Å². The average Bonchev–Trinajstić information content (AvgIpc) is 2.92. The number of nitrogens with zero attached hydrogens (tertiary/aromatic N) is 1. The molecule has 1 unspecified atom stereocenters. The molecular weight excluding hydrogens is 312 g/mol. The molecule has 0 saturated carbocycles. The fourth-order valence-electron chi connectivity index (χ4n) is 2.79. The highest BCUT2D eigenvalue weighted by Crippen LogP contribution is 2.22. The van der Waals surface area contributed by atoms with Gasteiger partial charge in [-0.25, -0.2) is 4.79 Å². The second-order valence-corrected chi connectivity index (χ2v) is 7.59. The van der Waals surface area contributed by atoms with E-state index in [0.29, 0.717) is 0 Å². The predicted octanol–water partition coefficient (Wildman–Crippen LogP) is 4.39. The van der Waals surface area contributed by atoms with Gasteiger partial charge in [0.25, 0.3) is 0 Å². The number of likely N-dealkylation sites (tertiary alicyclic amines) is 1. The summed E-state index contributed by atoms with van der Waals surface area (Å²) < 4.78 is 5.50. The summed E-state index contributed by atoms with van der Waals surface area (Å²) in [6, 6.07) is 8.27. The van der Waals surface area contributed by atoms with E-state index in [9.17, 15) is 4.79 Å². The van der Waals surface area contributed by atoms with Crippen LogP contribution in [0.25, 0.3) is 0 Å². The van der Waals surface area contributed by atoms with E-state index in [0.717, 1.165) is 31.0 Å². The molecule has 0 radical (unpaired) electrons. The third-order valence-corrected chi connectivity index (χ3v) is 4.29. The summed E-state index contributed by atoms with van der Waals surface area (Å²) in [5, 5.41) is 4.26. The molecule has 1 aromatic rings. The number of carbonyl (C=O) groups is 1. The van der Waals surface area contributed by atoms with Gasteiger partial charge in [-0.15, -0.1) is 0 Å². The van der Waals surface area contributed by atoms with Gasteiger partial charge in [-0.05, 0) is 58.2 Å². The summed E-state index contributed by atoms with van der Waals surface area (Å²) in [5.41, 5.74) is 0.741. The van der Waals surface area contributed by atoms with Crippen molar-refractivity contribution >= 4 is 17.7 Å². The Kier molecular flexibility index (Phi) is 5.93. The van der Waals surface area contributed by atoms with E-state index in [4.69, 9.17) is 16.3 Å². The standard InChI is InChI=1S/C18H27ClN2O2/c1-13(14-7-9-15(19)10-8-14)20-12-16-6-5-11-21(16)17(22)23-18(2,3)4/h7-10,13,16,20H,5-6,11-12H2,1-4H3/t13-,16?/m0/s1. The zero-order valence-corrected chi connectivity index (χ0v) is 15.2. The van der Waals surface area contributed by atoms with Crippen molar-refractivity contribution in [1.29, 1.82) is 0 Å². The Morgan fingerprint density at radius 2 is 2.04 bits per heavy atom. The quantitative estimate of drug-likeness (QED) is 0.885. The normalized spacial score (nSPS) is 19.7. The fraction of sp³-hybridized carbons (Fsp3) is 0.611. The topological polar surface area (TPSA) is 41.6 Å². The zero-order valence-electron chi connectivity index (χ0n) is 14.4. The Hall–Kier alpha value is -1.26. The third-order valence-electron chi connectivity index (χ3n) is 4.03. The molecule has 1 fully saturated rings. The molecule has 1 saturated heterocycles. The van der Waals surface area contributed by atoms with Gasteiger partial charge in [-0.2, -0.15) is 0 Å². The van der Waals surface area contributed by atoms with Crippen LogP contribution < -0.4 is 5.32 Å². The minimum atomic E-state index is -0.450. The van der Waals surface area contributed by atoms with Crippen LogP contribution in [0.15, 0.2) is 24.3 Å². The summed E-state index contributed by atoms with van der Waals surface area (Å²) in [7, 11) is 0. The third kappa shape index (κ3) is 5.40. The molecule has 0 aromatic heterocycles. The van der Waals surface area contributed by atoms with Crippen molar-refractivity contribution in [3.63, 3.8) is 0 Å². The maximum Gasteiger partial charge on any atom is 0.410 e. The Labute approximate surface area is 144 Å². The van der Waals surface area contributed by atoms with Crippen LogP contribution in [0.1, 0.15) is 52.1 Å². The molecule has 1 heterocycles. The van der Waals surface area contributed by atoms with Crippen molar-refractivity contribution in [1.82, 2.24) is 10.2 Å². The van der Waals surface area contributed by atoms with Crippen molar-refractivity contribution < 1.29 is 9.53 Å². The highest BCUT2D eigenvalue weighted by atomic mass is 35.5. The minimum Gasteiger partial charge on any atom is -0.444 e. The molecule has 2 atom stereocenters. The summed E-state index contributed by atoms with van der Waals surface area (Å²) in [5.74, 6) is 0. The molecule has 2 rings (SSSR count). The van der Waals surface area contributed by atoms with Crippen molar-refractivity contribution in [3.8, 4) is 0 Å². The number of hydrogen-bond acceptors (Lipinski definition) is 3. The van der Waals surface area contributed by atoms with Crippen LogP contribution in [0.4, 0.5) is 4.79 Å². The van der Waals surface area contributed by atoms with Gasteiger partial charge < -0.3 is 15.0 Å². The molecule has 1 aliphatic heterocycles. The van der Waals surface area contributed by atoms with E-state index in [1.54, 1.807) is 0 Å². The molecule has 23 heavy (non-hydrogen) atoms. The number of nitrogens with one attached hydrogen (secondary N) is 1. The second-order valence-electron chi connectivity index (χ2n) is 7.15. The van der Waals surface area contributed by atoms with Crippen LogP contribution in [0.2, 0.25) is 5.02 Å². The molecule has 1 N–H and O–H groups in total. The highest BCUT2D eigenvalue weighted by Gasteiger charge is 2.32. The summed E-state index contributed by atoms with van der Waals surface area (Å²) in [6.45, 7) is 9.36. The van der Waals surface area contributed by atoms with E-state index < -0.39 is 5.60 Å². The fourth-order valence-corrected chi connectivity index (χ4v) is 2.92. The number of amides is 1. The van der Waals surface area contributed by atoms with E-state index in [1.807, 2.05) is 49.9 Å². The van der Waals surface area contributed by atoms with E-state index in [1.165, 1.54) is 5.56 Å². The number of carbonyl (C=O) groups excluding carboxylic acids is 1. The number of ether oxygens (including phenoxy) is 1. The lowest BCUT2D eigenvalue weighted by Gasteiger charge is -2.29. The number of rotatable bonds is 4. The van der Waals surface area contributed by atoms with Gasteiger partial charge >= 0.3 is 6.09 Å². The molecule has 5 heteroatoms. The van der Waals surface area contributed by atoms with Crippen LogP contribution >= 0.6 is 11.6 Å². The van der Waals surface area contributed by atoms with E-state index >= 15 is 0 Å². The Bertz CT molecular complexity index is 525. The Balaban J connectivity index is 1.88. The Morgan fingerprint density at radius 1 is 1.39 bits per heavy atom. The highest BCUT2D eigenvalue weighted by molar-refractivity contribution is 6.30. The molecule has 0 bridgehead atoms. The van der Waals surface area contributed by atoms with Crippen molar-refractivity contribution in [3.05, 3.63) is 34.9 Å². The molecule has 1 aliphatic rings. The molecule has 0 spiro atoms. The number of halogens is 1. The first-order valence-electron chi connectivity index (χ1n) is 8.25. The van der Waals surface area contributed by atoms with E-state index in [2.05, 4.69) is 12.2 Å². The first-order valence-corrected chi connectivity index (χ1v) is 8.62. The van der Waals surface area contributed by atoms with Gasteiger partial charge in [0, 0.05) is 30.2 Å². The summed E-state index contributed by atoms with van der Waals surface area (Å²) in [4.78, 5) is 14.1. The number of hydrogen-bond donors (Lipinski definition) is 1.